The normalized spacial score (nSPS) is 11.1. The highest BCUT2D eigenvalue weighted by Crippen LogP contribution is 2.26. The maximum atomic E-state index is 12.4. The number of nitrogens with zero attached hydrogens (tertiary/aromatic N) is 2. The van der Waals surface area contributed by atoms with Crippen molar-refractivity contribution in [3.05, 3.63) is 39.3 Å². The minimum absolute atomic E-state index is 0.00272. The van der Waals surface area contributed by atoms with E-state index in [0.29, 0.717) is 27.5 Å². The molecular formula is C15H14BrF2N3O3S. The molecule has 2 rings (SSSR count). The molecule has 0 bridgehead atoms. The Morgan fingerprint density at radius 1 is 1.52 bits per heavy atom. The fraction of sp³-hybridized carbons (Fsp3) is 0.267. The lowest BCUT2D eigenvalue weighted by molar-refractivity contribution is -0.142. The Kier molecular flexibility index (Phi) is 7.26. The van der Waals surface area contributed by atoms with Crippen LogP contribution >= 0.6 is 27.3 Å². The van der Waals surface area contributed by atoms with Crippen LogP contribution in [-0.2, 0) is 16.0 Å². The highest BCUT2D eigenvalue weighted by molar-refractivity contribution is 9.10. The molecule has 2 aromatic rings. The van der Waals surface area contributed by atoms with E-state index < -0.39 is 6.61 Å². The van der Waals surface area contributed by atoms with E-state index in [-0.39, 0.29) is 18.1 Å². The summed E-state index contributed by atoms with van der Waals surface area (Å²) in [6.07, 6.45) is 1.42. The largest absolute Gasteiger partial charge is 0.466 e. The molecule has 25 heavy (non-hydrogen) atoms. The molecule has 0 saturated heterocycles. The van der Waals surface area contributed by atoms with Gasteiger partial charge in [-0.2, -0.15) is 13.9 Å². The Morgan fingerprint density at radius 3 is 3.04 bits per heavy atom. The molecule has 0 aliphatic rings. The van der Waals surface area contributed by atoms with Gasteiger partial charge in [0.2, 0.25) is 5.13 Å². The maximum Gasteiger partial charge on any atom is 0.387 e. The van der Waals surface area contributed by atoms with E-state index in [1.807, 2.05) is 0 Å². The summed E-state index contributed by atoms with van der Waals surface area (Å²) >= 11 is 4.52. The van der Waals surface area contributed by atoms with Gasteiger partial charge in [0.05, 0.1) is 30.5 Å². The number of hydrazone groups is 1. The van der Waals surface area contributed by atoms with E-state index in [0.717, 1.165) is 0 Å². The average Bonchev–Trinajstić information content (AvgIpc) is 2.97. The van der Waals surface area contributed by atoms with Gasteiger partial charge < -0.3 is 9.47 Å². The van der Waals surface area contributed by atoms with Crippen LogP contribution in [0.5, 0.6) is 5.75 Å². The second-order valence-corrected chi connectivity index (χ2v) is 6.24. The number of hydrogen-bond donors (Lipinski definition) is 1. The second-order valence-electron chi connectivity index (χ2n) is 4.53. The number of ether oxygens (including phenoxy) is 2. The van der Waals surface area contributed by atoms with Gasteiger partial charge in [-0.1, -0.05) is 6.07 Å². The summed E-state index contributed by atoms with van der Waals surface area (Å²) in [7, 11) is 0. The molecule has 0 aliphatic heterocycles. The molecule has 134 valence electrons. The lowest BCUT2D eigenvalue weighted by atomic mass is 10.2. The Balaban J connectivity index is 2.02. The third kappa shape index (κ3) is 6.05. The van der Waals surface area contributed by atoms with Gasteiger partial charge >= 0.3 is 12.6 Å². The zero-order chi connectivity index (χ0) is 18.2. The number of esters is 1. The standard InChI is InChI=1S/C15H14BrF2N3O3S/c1-2-23-13(22)6-9-8-25-15(20-9)21-19-7-10-11(16)4-3-5-12(10)24-14(17)18/h3-5,7-8,14H,2,6H2,1H3,(H,20,21). The molecule has 10 heteroatoms. The van der Waals surface area contributed by atoms with Crippen LogP contribution in [0.3, 0.4) is 0 Å². The summed E-state index contributed by atoms with van der Waals surface area (Å²) < 4.78 is 34.7. The quantitative estimate of drug-likeness (QED) is 0.386. The number of halogens is 3. The minimum Gasteiger partial charge on any atom is -0.466 e. The molecule has 1 aromatic carbocycles. The minimum atomic E-state index is -2.93. The number of nitrogens with one attached hydrogen (secondary N) is 1. The topological polar surface area (TPSA) is 72.8 Å². The number of carbonyl (C=O) groups is 1. The van der Waals surface area contributed by atoms with Crippen molar-refractivity contribution in [2.45, 2.75) is 20.0 Å². The molecule has 0 spiro atoms. The molecule has 0 aliphatic carbocycles. The zero-order valence-corrected chi connectivity index (χ0v) is 15.4. The first kappa shape index (κ1) is 19.3. The highest BCUT2D eigenvalue weighted by atomic mass is 79.9. The summed E-state index contributed by atoms with van der Waals surface area (Å²) in [5, 5.41) is 6.14. The fourth-order valence-electron chi connectivity index (χ4n) is 1.79. The predicted octanol–water partition coefficient (Wildman–Crippen LogP) is 4.06. The third-order valence-electron chi connectivity index (χ3n) is 2.77. The van der Waals surface area contributed by atoms with Crippen molar-refractivity contribution in [3.8, 4) is 5.75 Å². The molecule has 1 N–H and O–H groups in total. The van der Waals surface area contributed by atoms with Gasteiger partial charge in [-0.05, 0) is 35.0 Å². The van der Waals surface area contributed by atoms with Gasteiger partial charge in [-0.25, -0.2) is 4.98 Å². The second kappa shape index (κ2) is 9.42. The van der Waals surface area contributed by atoms with Crippen LogP contribution in [0, 0.1) is 0 Å². The third-order valence-corrected chi connectivity index (χ3v) is 4.25. The van der Waals surface area contributed by atoms with Crippen molar-refractivity contribution < 1.29 is 23.0 Å². The van der Waals surface area contributed by atoms with Crippen LogP contribution in [0.15, 0.2) is 33.2 Å². The number of alkyl halides is 2. The summed E-state index contributed by atoms with van der Waals surface area (Å²) in [6, 6.07) is 4.68. The molecular weight excluding hydrogens is 420 g/mol. The van der Waals surface area contributed by atoms with Crippen LogP contribution in [-0.4, -0.2) is 30.4 Å². The SMILES string of the molecule is CCOC(=O)Cc1csc(NN=Cc2c(Br)cccc2OC(F)F)n1. The van der Waals surface area contributed by atoms with Crippen molar-refractivity contribution in [1.82, 2.24) is 4.98 Å². The van der Waals surface area contributed by atoms with Crippen LogP contribution < -0.4 is 10.2 Å². The van der Waals surface area contributed by atoms with Crippen molar-refractivity contribution in [3.63, 3.8) is 0 Å². The first-order valence-electron chi connectivity index (χ1n) is 7.12. The molecule has 6 nitrogen and oxygen atoms in total. The van der Waals surface area contributed by atoms with Crippen molar-refractivity contribution in [1.29, 1.82) is 0 Å². The Hall–Kier alpha value is -2.07. The van der Waals surface area contributed by atoms with Crippen LogP contribution in [0.1, 0.15) is 18.2 Å². The van der Waals surface area contributed by atoms with Crippen LogP contribution in [0.25, 0.3) is 0 Å². The molecule has 0 unspecified atom stereocenters. The number of carbonyl (C=O) groups excluding carboxylic acids is 1. The molecule has 0 saturated carbocycles. The van der Waals surface area contributed by atoms with Crippen LogP contribution in [0.2, 0.25) is 0 Å². The fourth-order valence-corrected chi connectivity index (χ4v) is 2.90. The Morgan fingerprint density at radius 2 is 2.32 bits per heavy atom. The Labute approximate surface area is 155 Å². The summed E-state index contributed by atoms with van der Waals surface area (Å²) in [5.41, 5.74) is 3.61. The zero-order valence-electron chi connectivity index (χ0n) is 13.0. The number of rotatable bonds is 8. The van der Waals surface area contributed by atoms with E-state index in [1.54, 1.807) is 24.4 Å². The van der Waals surface area contributed by atoms with Crippen molar-refractivity contribution in [2.75, 3.05) is 12.0 Å². The monoisotopic (exact) mass is 433 g/mol. The highest BCUT2D eigenvalue weighted by Gasteiger charge is 2.11. The maximum absolute atomic E-state index is 12.4. The van der Waals surface area contributed by atoms with Gasteiger partial charge in [0.1, 0.15) is 5.75 Å². The predicted molar refractivity (Wildman–Crippen MR) is 94.4 cm³/mol. The molecule has 1 aromatic heterocycles. The van der Waals surface area contributed by atoms with Crippen LogP contribution in [0.4, 0.5) is 13.9 Å². The van der Waals surface area contributed by atoms with E-state index in [2.05, 4.69) is 36.2 Å². The number of benzene rings is 1. The summed E-state index contributed by atoms with van der Waals surface area (Å²) in [6.45, 7) is -0.888. The number of thiazole rings is 1. The van der Waals surface area contributed by atoms with Crippen molar-refractivity contribution in [2.24, 2.45) is 5.10 Å². The molecule has 0 radical (unpaired) electrons. The smallest absolute Gasteiger partial charge is 0.387 e. The number of hydrogen-bond acceptors (Lipinski definition) is 7. The van der Waals surface area contributed by atoms with Gasteiger partial charge in [0.15, 0.2) is 0 Å². The summed E-state index contributed by atoms with van der Waals surface area (Å²) in [5.74, 6) is -0.359. The van der Waals surface area contributed by atoms with E-state index in [9.17, 15) is 13.6 Å². The number of anilines is 1. The van der Waals surface area contributed by atoms with Crippen molar-refractivity contribution >= 4 is 44.6 Å². The van der Waals surface area contributed by atoms with E-state index in [1.165, 1.54) is 23.6 Å². The lowest BCUT2D eigenvalue weighted by Crippen LogP contribution is -2.07. The van der Waals surface area contributed by atoms with Gasteiger partial charge in [-0.15, -0.1) is 11.3 Å². The van der Waals surface area contributed by atoms with Gasteiger partial charge in [0, 0.05) is 9.85 Å². The first-order valence-corrected chi connectivity index (χ1v) is 8.79. The molecule has 0 fully saturated rings. The summed E-state index contributed by atoms with van der Waals surface area (Å²) in [4.78, 5) is 15.6. The van der Waals surface area contributed by atoms with E-state index >= 15 is 0 Å². The number of aromatic nitrogens is 1. The first-order chi connectivity index (χ1) is 12.0. The molecule has 1 heterocycles. The average molecular weight is 434 g/mol. The lowest BCUT2D eigenvalue weighted by Gasteiger charge is -2.08. The van der Waals surface area contributed by atoms with Gasteiger partial charge in [0.25, 0.3) is 0 Å². The Bertz CT molecular complexity index is 755. The molecule has 0 amide bonds. The molecule has 0 atom stereocenters. The van der Waals surface area contributed by atoms with E-state index in [4.69, 9.17) is 4.74 Å². The van der Waals surface area contributed by atoms with Gasteiger partial charge in [-0.3, -0.25) is 10.2 Å².